The summed E-state index contributed by atoms with van der Waals surface area (Å²) in [4.78, 5) is 25.5. The summed E-state index contributed by atoms with van der Waals surface area (Å²) in [6, 6.07) is 0.848. The molecule has 0 aliphatic heterocycles. The number of hydrogen-bond donors (Lipinski definition) is 0. The Morgan fingerprint density at radius 3 is 1.82 bits per heavy atom. The molecule has 6 heteroatoms. The van der Waals surface area contributed by atoms with Crippen LogP contribution in [0.5, 0.6) is 0 Å². The van der Waals surface area contributed by atoms with Crippen LogP contribution in [0.4, 0.5) is 0 Å². The highest BCUT2D eigenvalue weighted by Gasteiger charge is 2.70. The van der Waals surface area contributed by atoms with Crippen LogP contribution in [0.2, 0.25) is 25.7 Å². The van der Waals surface area contributed by atoms with Crippen molar-refractivity contribution in [1.82, 2.24) is 0 Å². The smallest absolute Gasteiger partial charge is 0.324 e. The molecule has 2 atom stereocenters. The van der Waals surface area contributed by atoms with Gasteiger partial charge in [0.1, 0.15) is 0 Å². The average molecular weight is 330 g/mol. The monoisotopic (exact) mass is 330 g/mol. The molecule has 0 heterocycles. The number of methoxy groups -OCH3 is 3. The van der Waals surface area contributed by atoms with E-state index < -0.39 is 30.8 Å². The summed E-state index contributed by atoms with van der Waals surface area (Å²) in [5.41, 5.74) is -2.00. The molecule has 0 amide bonds. The van der Waals surface area contributed by atoms with Crippen LogP contribution < -0.4 is 0 Å². The van der Waals surface area contributed by atoms with E-state index in [4.69, 9.17) is 14.2 Å². The Hall–Kier alpha value is -0.883. The van der Waals surface area contributed by atoms with Gasteiger partial charge in [-0.25, -0.2) is 0 Å². The predicted molar refractivity (Wildman–Crippen MR) is 87.3 cm³/mol. The standard InChI is InChI=1S/C16H30O5Si/c1-15(2)12(19-3)9-11(10-22(6,7)8)16(15,13(17)20-4)14(18)21-5/h11-12H,9-10H2,1-8H3/t11-,12-/m0/s1. The summed E-state index contributed by atoms with van der Waals surface area (Å²) in [5, 5.41) is 0. The van der Waals surface area contributed by atoms with Crippen LogP contribution in [0.15, 0.2) is 0 Å². The molecule has 1 saturated carbocycles. The second-order valence-corrected chi connectivity index (χ2v) is 13.5. The molecule has 1 aliphatic carbocycles. The topological polar surface area (TPSA) is 61.8 Å². The SMILES string of the molecule is COC(=O)C1(C(=O)OC)[C@H](C[Si](C)(C)C)C[C@H](OC)C1(C)C. The molecule has 5 nitrogen and oxygen atoms in total. The van der Waals surface area contributed by atoms with Crippen LogP contribution >= 0.6 is 0 Å². The summed E-state index contributed by atoms with van der Waals surface area (Å²) in [6.07, 6.45) is 0.477. The Balaban J connectivity index is 3.52. The Morgan fingerprint density at radius 2 is 1.50 bits per heavy atom. The first-order valence-corrected chi connectivity index (χ1v) is 11.4. The van der Waals surface area contributed by atoms with Gasteiger partial charge >= 0.3 is 11.9 Å². The zero-order chi connectivity index (χ0) is 17.3. The maximum absolute atomic E-state index is 12.7. The zero-order valence-corrected chi connectivity index (χ0v) is 16.1. The van der Waals surface area contributed by atoms with Crippen LogP contribution in [0.1, 0.15) is 20.3 Å². The Bertz CT molecular complexity index is 422. The number of carbonyl (C=O) groups excluding carboxylic acids is 2. The van der Waals surface area contributed by atoms with Crippen molar-refractivity contribution in [3.05, 3.63) is 0 Å². The highest BCUT2D eigenvalue weighted by molar-refractivity contribution is 6.76. The lowest BCUT2D eigenvalue weighted by Gasteiger charge is -2.42. The molecule has 0 aromatic rings. The molecule has 22 heavy (non-hydrogen) atoms. The van der Waals surface area contributed by atoms with E-state index in [0.717, 1.165) is 6.04 Å². The van der Waals surface area contributed by atoms with Gasteiger partial charge in [0.15, 0.2) is 5.41 Å². The second-order valence-electron chi connectivity index (χ2n) is 7.93. The summed E-state index contributed by atoms with van der Waals surface area (Å²) < 4.78 is 15.7. The van der Waals surface area contributed by atoms with E-state index >= 15 is 0 Å². The first-order chi connectivity index (χ1) is 9.98. The highest BCUT2D eigenvalue weighted by Crippen LogP contribution is 2.60. The van der Waals surface area contributed by atoms with Crippen molar-refractivity contribution < 1.29 is 23.8 Å². The minimum atomic E-state index is -1.50. The van der Waals surface area contributed by atoms with Crippen molar-refractivity contribution in [2.75, 3.05) is 21.3 Å². The molecule has 128 valence electrons. The number of hydrogen-bond acceptors (Lipinski definition) is 5. The fourth-order valence-corrected chi connectivity index (χ4v) is 6.09. The van der Waals surface area contributed by atoms with Gasteiger partial charge in [-0.1, -0.05) is 39.5 Å². The van der Waals surface area contributed by atoms with E-state index in [-0.39, 0.29) is 12.0 Å². The molecule has 1 rings (SSSR count). The Kier molecular flexibility index (Phi) is 5.50. The minimum absolute atomic E-state index is 0.126. The van der Waals surface area contributed by atoms with Crippen molar-refractivity contribution in [3.8, 4) is 0 Å². The largest absolute Gasteiger partial charge is 0.468 e. The lowest BCUT2D eigenvalue weighted by Crippen LogP contribution is -2.55. The molecular formula is C16H30O5Si. The maximum atomic E-state index is 12.7. The number of ether oxygens (including phenoxy) is 3. The van der Waals surface area contributed by atoms with Crippen molar-refractivity contribution in [2.45, 2.75) is 52.1 Å². The summed E-state index contributed by atoms with van der Waals surface area (Å²) in [6.45, 7) is 10.5. The lowest BCUT2D eigenvalue weighted by molar-refractivity contribution is -0.183. The van der Waals surface area contributed by atoms with Gasteiger partial charge in [-0.3, -0.25) is 9.59 Å². The Morgan fingerprint density at radius 1 is 1.05 bits per heavy atom. The second kappa shape index (κ2) is 6.32. The molecule has 0 spiro atoms. The summed E-state index contributed by atoms with van der Waals surface area (Å²) >= 11 is 0. The van der Waals surface area contributed by atoms with Gasteiger partial charge in [-0.2, -0.15) is 0 Å². The highest BCUT2D eigenvalue weighted by atomic mass is 28.3. The van der Waals surface area contributed by atoms with Gasteiger partial charge < -0.3 is 14.2 Å². The molecular weight excluding hydrogens is 300 g/mol. The van der Waals surface area contributed by atoms with E-state index in [2.05, 4.69) is 19.6 Å². The van der Waals surface area contributed by atoms with Crippen LogP contribution in [0.3, 0.4) is 0 Å². The third-order valence-corrected chi connectivity index (χ3v) is 6.81. The molecule has 1 aliphatic rings. The molecule has 0 N–H and O–H groups in total. The normalized spacial score (nSPS) is 26.5. The Labute approximate surface area is 134 Å². The van der Waals surface area contributed by atoms with E-state index in [0.29, 0.717) is 6.42 Å². The van der Waals surface area contributed by atoms with Gasteiger partial charge in [-0.05, 0) is 12.3 Å². The fourth-order valence-electron chi connectivity index (χ4n) is 4.14. The van der Waals surface area contributed by atoms with Gasteiger partial charge in [0, 0.05) is 20.6 Å². The van der Waals surface area contributed by atoms with Gasteiger partial charge in [-0.15, -0.1) is 0 Å². The third kappa shape index (κ3) is 2.83. The van der Waals surface area contributed by atoms with Gasteiger partial charge in [0.25, 0.3) is 0 Å². The van der Waals surface area contributed by atoms with Gasteiger partial charge in [0.05, 0.1) is 20.3 Å². The van der Waals surface area contributed by atoms with Crippen LogP contribution in [-0.4, -0.2) is 47.4 Å². The lowest BCUT2D eigenvalue weighted by atomic mass is 9.63. The molecule has 1 fully saturated rings. The van der Waals surface area contributed by atoms with Crippen molar-refractivity contribution >= 4 is 20.0 Å². The quantitative estimate of drug-likeness (QED) is 0.441. The average Bonchev–Trinajstić information content (AvgIpc) is 2.63. The number of esters is 2. The number of carbonyl (C=O) groups is 2. The first kappa shape index (κ1) is 19.2. The molecule has 0 aromatic carbocycles. The predicted octanol–water partition coefficient (Wildman–Crippen LogP) is 2.72. The van der Waals surface area contributed by atoms with E-state index in [1.54, 1.807) is 7.11 Å². The van der Waals surface area contributed by atoms with E-state index in [1.165, 1.54) is 14.2 Å². The number of rotatable bonds is 5. The van der Waals surface area contributed by atoms with Crippen LogP contribution in [0.25, 0.3) is 0 Å². The summed E-state index contributed by atoms with van der Waals surface area (Å²) in [5.74, 6) is -1.14. The molecule has 0 unspecified atom stereocenters. The molecule has 0 aromatic heterocycles. The van der Waals surface area contributed by atoms with Crippen molar-refractivity contribution in [2.24, 2.45) is 16.7 Å². The first-order valence-electron chi connectivity index (χ1n) is 7.68. The van der Waals surface area contributed by atoms with Crippen LogP contribution in [-0.2, 0) is 23.8 Å². The molecule has 0 saturated heterocycles. The maximum Gasteiger partial charge on any atom is 0.324 e. The van der Waals surface area contributed by atoms with Crippen molar-refractivity contribution in [3.63, 3.8) is 0 Å². The fraction of sp³-hybridized carbons (Fsp3) is 0.875. The van der Waals surface area contributed by atoms with E-state index in [1.807, 2.05) is 13.8 Å². The van der Waals surface area contributed by atoms with Crippen molar-refractivity contribution in [1.29, 1.82) is 0 Å². The molecule has 0 bridgehead atoms. The minimum Gasteiger partial charge on any atom is -0.468 e. The van der Waals surface area contributed by atoms with Crippen LogP contribution in [0, 0.1) is 16.7 Å². The summed E-state index contributed by atoms with van der Waals surface area (Å²) in [7, 11) is 2.78. The van der Waals surface area contributed by atoms with Gasteiger partial charge in [0.2, 0.25) is 0 Å². The zero-order valence-electron chi connectivity index (χ0n) is 15.1. The molecule has 0 radical (unpaired) electrons. The third-order valence-electron chi connectivity index (χ3n) is 5.09. The van der Waals surface area contributed by atoms with E-state index in [9.17, 15) is 9.59 Å².